The maximum atomic E-state index is 12.2. The quantitative estimate of drug-likeness (QED) is 0.326. The van der Waals surface area contributed by atoms with Crippen molar-refractivity contribution in [1.29, 1.82) is 0 Å². The van der Waals surface area contributed by atoms with Crippen LogP contribution in [0.25, 0.3) is 0 Å². The predicted octanol–water partition coefficient (Wildman–Crippen LogP) is 4.70. The highest BCUT2D eigenvalue weighted by atomic mass is 19.4. The molecule has 1 aromatic heterocycles. The molecule has 1 aliphatic rings. The van der Waals surface area contributed by atoms with Crippen molar-refractivity contribution in [2.45, 2.75) is 51.7 Å². The first kappa shape index (κ1) is 27.3. The van der Waals surface area contributed by atoms with Gasteiger partial charge in [-0.3, -0.25) is 19.5 Å². The molecule has 0 radical (unpaired) electrons. The summed E-state index contributed by atoms with van der Waals surface area (Å²) < 4.78 is 35.2. The van der Waals surface area contributed by atoms with Crippen molar-refractivity contribution in [1.82, 2.24) is 15.2 Å². The fourth-order valence-corrected chi connectivity index (χ4v) is 3.77. The zero-order valence-electron chi connectivity index (χ0n) is 19.5. The second-order valence-electron chi connectivity index (χ2n) is 8.30. The third kappa shape index (κ3) is 8.78. The number of hydrogen-bond donors (Lipinski definition) is 2. The van der Waals surface area contributed by atoms with Gasteiger partial charge in [0.1, 0.15) is 5.69 Å². The van der Waals surface area contributed by atoms with Crippen molar-refractivity contribution >= 4 is 17.9 Å². The van der Waals surface area contributed by atoms with E-state index in [2.05, 4.69) is 22.1 Å². The highest BCUT2D eigenvalue weighted by Crippen LogP contribution is 2.26. The molecule has 6 nitrogen and oxygen atoms in total. The number of alkyl halides is 3. The van der Waals surface area contributed by atoms with Crippen LogP contribution >= 0.6 is 0 Å². The number of halogens is 3. The van der Waals surface area contributed by atoms with Crippen molar-refractivity contribution < 1.29 is 22.8 Å². The minimum atomic E-state index is -4.32. The Bertz CT molecular complexity index is 899. The smallest absolute Gasteiger partial charge is 0.398 e. The normalized spacial score (nSPS) is 14.7. The summed E-state index contributed by atoms with van der Waals surface area (Å²) in [5, 5.41) is 3.06. The van der Waals surface area contributed by atoms with Crippen molar-refractivity contribution in [3.05, 3.63) is 59.4 Å². The summed E-state index contributed by atoms with van der Waals surface area (Å²) in [4.78, 5) is 28.8. The number of amides is 1. The van der Waals surface area contributed by atoms with Crippen LogP contribution < -0.4 is 11.1 Å². The zero-order valence-corrected chi connectivity index (χ0v) is 19.5. The number of nitrogen functional groups attached to an aromatic ring is 1. The highest BCUT2D eigenvalue weighted by Gasteiger charge is 2.31. The van der Waals surface area contributed by atoms with Gasteiger partial charge in [0.25, 0.3) is 0 Å². The van der Waals surface area contributed by atoms with Gasteiger partial charge in [0, 0.05) is 36.5 Å². The molecule has 0 spiro atoms. The van der Waals surface area contributed by atoms with Crippen molar-refractivity contribution in [2.75, 3.05) is 25.4 Å². The van der Waals surface area contributed by atoms with Gasteiger partial charge in [-0.2, -0.15) is 13.2 Å². The number of anilines is 1. The molecule has 3 rings (SSSR count). The van der Waals surface area contributed by atoms with Gasteiger partial charge in [0.2, 0.25) is 5.91 Å². The van der Waals surface area contributed by atoms with E-state index in [1.54, 1.807) is 6.07 Å². The summed E-state index contributed by atoms with van der Waals surface area (Å²) in [6.45, 7) is 5.41. The Morgan fingerprint density at radius 1 is 1.18 bits per heavy atom. The molecule has 2 heterocycles. The number of aromatic nitrogens is 1. The van der Waals surface area contributed by atoms with Gasteiger partial charge in [-0.1, -0.05) is 38.0 Å². The summed E-state index contributed by atoms with van der Waals surface area (Å²) >= 11 is 0. The van der Waals surface area contributed by atoms with E-state index in [4.69, 9.17) is 5.73 Å². The summed E-state index contributed by atoms with van der Waals surface area (Å²) in [6.07, 6.45) is 2.77. The number of likely N-dealkylation sites (tertiary alicyclic amines) is 1. The number of carbonyl (C=O) groups is 2. The van der Waals surface area contributed by atoms with Gasteiger partial charge >= 0.3 is 6.18 Å². The van der Waals surface area contributed by atoms with E-state index in [9.17, 15) is 22.8 Å². The fraction of sp³-hybridized carbons (Fsp3) is 0.480. The van der Waals surface area contributed by atoms with Crippen LogP contribution in [0, 0.1) is 5.92 Å². The Labute approximate surface area is 198 Å². The van der Waals surface area contributed by atoms with Crippen molar-refractivity contribution in [2.24, 2.45) is 5.92 Å². The van der Waals surface area contributed by atoms with E-state index in [0.29, 0.717) is 17.8 Å². The average molecular weight is 479 g/mol. The molecular formula is C25H33F3N4O2. The van der Waals surface area contributed by atoms with Gasteiger partial charge < -0.3 is 11.1 Å². The first-order valence-electron chi connectivity index (χ1n) is 11.6. The molecule has 1 aliphatic heterocycles. The van der Waals surface area contributed by atoms with Crippen molar-refractivity contribution in [3.8, 4) is 0 Å². The second-order valence-corrected chi connectivity index (χ2v) is 8.30. The molecule has 2 aromatic rings. The summed E-state index contributed by atoms with van der Waals surface area (Å²) in [5.74, 6) is 0.317. The predicted molar refractivity (Wildman–Crippen MR) is 126 cm³/mol. The third-order valence-electron chi connectivity index (χ3n) is 5.74. The average Bonchev–Trinajstić information content (AvgIpc) is 2.83. The number of nitrogens with one attached hydrogen (secondary N) is 1. The number of aldehydes is 1. The van der Waals surface area contributed by atoms with E-state index in [1.165, 1.54) is 18.6 Å². The molecular weight excluding hydrogens is 445 g/mol. The lowest BCUT2D eigenvalue weighted by Gasteiger charge is -2.31. The number of pyridine rings is 1. The molecule has 1 fully saturated rings. The number of benzene rings is 1. The standard InChI is InChI=1S/C19H29N3O2.C6H4F3N/c1-2-3-4-10-21-19(24)15-8-11-22(12-9-15)13-16-6-5-7-18(20)17(16)14-23;7-6(8,9)5-3-1-2-4-10-5/h5-7,14-15H,2-4,8-13,20H2,1H3,(H,21,24);1-4H. The molecule has 0 unspecified atom stereocenters. The monoisotopic (exact) mass is 478 g/mol. The molecule has 1 amide bonds. The van der Waals surface area contributed by atoms with E-state index in [1.807, 2.05) is 12.1 Å². The number of rotatable bonds is 8. The number of unbranched alkanes of at least 4 members (excludes halogenated alkanes) is 2. The largest absolute Gasteiger partial charge is 0.433 e. The van der Waals surface area contributed by atoms with Gasteiger partial charge in [-0.05, 0) is 56.1 Å². The van der Waals surface area contributed by atoms with Crippen molar-refractivity contribution in [3.63, 3.8) is 0 Å². The SMILES string of the molecule is CCCCCNC(=O)C1CCN(Cc2cccc(N)c2C=O)CC1.FC(F)(F)c1ccccn1. The molecule has 0 saturated carbocycles. The van der Waals surface area contributed by atoms with E-state index >= 15 is 0 Å². The first-order chi connectivity index (χ1) is 16.3. The highest BCUT2D eigenvalue weighted by molar-refractivity contribution is 5.85. The molecule has 0 aliphatic carbocycles. The number of hydrogen-bond acceptors (Lipinski definition) is 5. The Kier molecular flexibility index (Phi) is 11.0. The molecule has 0 bridgehead atoms. The summed E-state index contributed by atoms with van der Waals surface area (Å²) in [5.41, 5.74) is 7.10. The molecule has 0 atom stereocenters. The Morgan fingerprint density at radius 3 is 2.47 bits per heavy atom. The Balaban J connectivity index is 0.000000340. The van der Waals surface area contributed by atoms with Crippen LogP contribution in [0.1, 0.15) is 60.6 Å². The maximum Gasteiger partial charge on any atom is 0.433 e. The topological polar surface area (TPSA) is 88.3 Å². The molecule has 34 heavy (non-hydrogen) atoms. The van der Waals surface area contributed by atoms with Crippen LogP contribution in [-0.4, -0.2) is 41.7 Å². The van der Waals surface area contributed by atoms with Crippen LogP contribution in [0.3, 0.4) is 0 Å². The molecule has 1 aromatic carbocycles. The number of nitrogens with zero attached hydrogens (tertiary/aromatic N) is 2. The van der Waals surface area contributed by atoms with Gasteiger partial charge in [0.15, 0.2) is 6.29 Å². The Hall–Kier alpha value is -2.94. The van der Waals surface area contributed by atoms with E-state index in [0.717, 1.165) is 69.4 Å². The number of nitrogens with two attached hydrogens (primary N) is 1. The minimum Gasteiger partial charge on any atom is -0.398 e. The van der Waals surface area contributed by atoms with Crippen LogP contribution in [0.2, 0.25) is 0 Å². The van der Waals surface area contributed by atoms with E-state index in [-0.39, 0.29) is 11.8 Å². The summed E-state index contributed by atoms with van der Waals surface area (Å²) in [6, 6.07) is 9.26. The lowest BCUT2D eigenvalue weighted by atomic mass is 9.95. The molecule has 9 heteroatoms. The van der Waals surface area contributed by atoms with Crippen LogP contribution in [0.5, 0.6) is 0 Å². The maximum absolute atomic E-state index is 12.2. The lowest BCUT2D eigenvalue weighted by Crippen LogP contribution is -2.40. The molecule has 186 valence electrons. The number of piperidine rings is 1. The van der Waals surface area contributed by atoms with Gasteiger partial charge in [-0.15, -0.1) is 0 Å². The lowest BCUT2D eigenvalue weighted by molar-refractivity contribution is -0.141. The fourth-order valence-electron chi connectivity index (χ4n) is 3.77. The van der Waals surface area contributed by atoms with Crippen LogP contribution in [0.15, 0.2) is 42.6 Å². The summed E-state index contributed by atoms with van der Waals surface area (Å²) in [7, 11) is 0. The van der Waals surface area contributed by atoms with Gasteiger partial charge in [0.05, 0.1) is 0 Å². The first-order valence-corrected chi connectivity index (χ1v) is 11.6. The molecule has 3 N–H and O–H groups in total. The van der Waals surface area contributed by atoms with Crippen LogP contribution in [-0.2, 0) is 17.5 Å². The molecule has 1 saturated heterocycles. The minimum absolute atomic E-state index is 0.120. The van der Waals surface area contributed by atoms with Crippen LogP contribution in [0.4, 0.5) is 18.9 Å². The van der Waals surface area contributed by atoms with E-state index < -0.39 is 11.9 Å². The zero-order chi connectivity index (χ0) is 25.0. The Morgan fingerprint density at radius 2 is 1.91 bits per heavy atom. The van der Waals surface area contributed by atoms with Gasteiger partial charge in [-0.25, -0.2) is 0 Å². The number of carbonyl (C=O) groups excluding carboxylic acids is 2. The third-order valence-corrected chi connectivity index (χ3v) is 5.74. The second kappa shape index (κ2) is 13.7.